The van der Waals surface area contributed by atoms with Crippen LogP contribution >= 0.6 is 22.7 Å². The van der Waals surface area contributed by atoms with Gasteiger partial charge in [-0.1, -0.05) is 152 Å². The van der Waals surface area contributed by atoms with Crippen LogP contribution in [0.2, 0.25) is 0 Å². The number of aromatic nitrogens is 4. The third kappa shape index (κ3) is 21.3. The molecule has 9 heteroatoms. The molecule has 271 valence electrons. The van der Waals surface area contributed by atoms with Gasteiger partial charge in [0.1, 0.15) is 5.82 Å². The molecule has 3 aromatic heterocycles. The normalized spacial score (nSPS) is 11.2. The summed E-state index contributed by atoms with van der Waals surface area (Å²) >= 11 is 3.51. The van der Waals surface area contributed by atoms with Gasteiger partial charge in [0, 0.05) is 31.1 Å². The first-order valence-corrected chi connectivity index (χ1v) is 20.1. The number of allylic oxidation sites excluding steroid dienone is 2. The summed E-state index contributed by atoms with van der Waals surface area (Å²) in [6, 6.07) is 9.78. The average Bonchev–Trinajstić information content (AvgIpc) is 3.73. The smallest absolute Gasteiger partial charge is 0.211 e. The summed E-state index contributed by atoms with van der Waals surface area (Å²) in [7, 11) is 0. The van der Waals surface area contributed by atoms with Crippen LogP contribution in [0.5, 0.6) is 0 Å². The Balaban J connectivity index is 0.00000130. The van der Waals surface area contributed by atoms with E-state index in [1.54, 1.807) is 22.7 Å². The first kappa shape index (κ1) is 44.2. The minimum atomic E-state index is -0.125. The molecule has 0 unspecified atom stereocenters. The summed E-state index contributed by atoms with van der Waals surface area (Å²) in [5.41, 5.74) is 0. The zero-order valence-corrected chi connectivity index (χ0v) is 34.2. The molecule has 0 aliphatic rings. The zero-order valence-electron chi connectivity index (χ0n) is 30.2. The first-order valence-electron chi connectivity index (χ1n) is 18.5. The van der Waals surface area contributed by atoms with Gasteiger partial charge in [0.05, 0.1) is 10.6 Å². The molecule has 0 aliphatic heterocycles. The fourth-order valence-electron chi connectivity index (χ4n) is 5.49. The molecule has 0 aliphatic carbocycles. The van der Waals surface area contributed by atoms with Crippen LogP contribution in [-0.2, 0) is 37.7 Å². The van der Waals surface area contributed by atoms with E-state index in [-0.39, 0.29) is 31.6 Å². The first-order chi connectivity index (χ1) is 22.9. The monoisotopic (exact) mass is 874 g/mol. The maximum absolute atomic E-state index is 10.0. The van der Waals surface area contributed by atoms with Crippen LogP contribution in [-0.4, -0.2) is 31.3 Å². The van der Waals surface area contributed by atoms with Crippen molar-refractivity contribution in [2.45, 2.75) is 169 Å². The van der Waals surface area contributed by atoms with Gasteiger partial charge < -0.3 is 5.11 Å². The predicted octanol–water partition coefficient (Wildman–Crippen LogP) is 12.5. The SMILES string of the molecule is CC(=O)/C=C(/C)O.CCCCCCCCCCCCc1c[c-]c(-c2nnc(-c3ccc(CCCCCCCCCCCC)s3)nn2)s1.[Ir]. The Morgan fingerprint density at radius 1 is 0.646 bits per heavy atom. The van der Waals surface area contributed by atoms with Crippen LogP contribution in [0.25, 0.3) is 21.4 Å². The van der Waals surface area contributed by atoms with Crippen LogP contribution in [0.3, 0.4) is 0 Å². The van der Waals surface area contributed by atoms with Crippen molar-refractivity contribution >= 4 is 28.5 Å². The molecular weight excluding hydrogens is 813 g/mol. The molecule has 0 saturated carbocycles. The van der Waals surface area contributed by atoms with Crippen LogP contribution in [0.1, 0.15) is 166 Å². The van der Waals surface area contributed by atoms with E-state index in [1.807, 2.05) is 0 Å². The number of aliphatic hydroxyl groups excluding tert-OH is 1. The van der Waals surface area contributed by atoms with Crippen molar-refractivity contribution in [1.82, 2.24) is 20.4 Å². The van der Waals surface area contributed by atoms with Crippen LogP contribution in [0.4, 0.5) is 0 Å². The summed E-state index contributed by atoms with van der Waals surface area (Å²) in [4.78, 5) is 14.8. The molecule has 0 atom stereocenters. The number of aliphatic hydroxyl groups is 1. The van der Waals surface area contributed by atoms with E-state index in [9.17, 15) is 4.79 Å². The van der Waals surface area contributed by atoms with E-state index in [0.29, 0.717) is 11.6 Å². The molecule has 0 bridgehead atoms. The van der Waals surface area contributed by atoms with E-state index in [0.717, 1.165) is 22.6 Å². The molecule has 3 heterocycles. The Bertz CT molecular complexity index is 1160. The third-order valence-corrected chi connectivity index (χ3v) is 10.4. The number of hydrogen-bond acceptors (Lipinski definition) is 8. The van der Waals surface area contributed by atoms with E-state index in [1.165, 1.54) is 158 Å². The molecule has 0 fully saturated rings. The molecule has 0 spiro atoms. The Hall–Kier alpha value is -1.80. The minimum Gasteiger partial charge on any atom is -0.512 e. The minimum absolute atomic E-state index is 0. The second kappa shape index (κ2) is 29.0. The molecule has 1 radical (unpaired) electrons. The van der Waals surface area contributed by atoms with Gasteiger partial charge in [-0.25, -0.2) is 11.3 Å². The second-order valence-corrected chi connectivity index (χ2v) is 15.1. The largest absolute Gasteiger partial charge is 0.512 e. The van der Waals surface area contributed by atoms with Crippen LogP contribution < -0.4 is 0 Å². The average molecular weight is 874 g/mol. The number of aryl methyl sites for hydroxylation is 2. The van der Waals surface area contributed by atoms with Gasteiger partial charge >= 0.3 is 0 Å². The van der Waals surface area contributed by atoms with Crippen LogP contribution in [0.15, 0.2) is 30.0 Å². The van der Waals surface area contributed by atoms with Crippen LogP contribution in [0, 0.1) is 6.07 Å². The van der Waals surface area contributed by atoms with Crippen molar-refractivity contribution in [1.29, 1.82) is 0 Å². The standard InChI is InChI=1S/C34H53N4S2.C5H8O2.Ir/c1-3-5-7-9-11-13-15-17-19-21-23-29-25-27-31(39-29)33-35-37-34(38-36-33)32-28-26-30(40-32)24-22-20-18-16-14-12-10-8-6-4-2;1-4(6)3-5(2)7;/h25-27H,3-24H2,1-2H3;3,6H,1-2H3;/q-1;;/b;4-3-;. The molecular formula is C39H61IrN4O2S2-. The van der Waals surface area contributed by atoms with Crippen molar-refractivity contribution in [3.8, 4) is 21.4 Å². The predicted molar refractivity (Wildman–Crippen MR) is 201 cm³/mol. The number of carbonyl (C=O) groups excluding carboxylic acids is 1. The third-order valence-electron chi connectivity index (χ3n) is 8.13. The van der Waals surface area contributed by atoms with Crippen molar-refractivity contribution < 1.29 is 30.0 Å². The van der Waals surface area contributed by atoms with Gasteiger partial charge in [-0.15, -0.1) is 21.5 Å². The van der Waals surface area contributed by atoms with E-state index < -0.39 is 0 Å². The number of ketones is 1. The molecule has 0 saturated heterocycles. The molecule has 3 aromatic rings. The van der Waals surface area contributed by atoms with Gasteiger partial charge in [-0.3, -0.25) is 4.79 Å². The van der Waals surface area contributed by atoms with E-state index in [2.05, 4.69) is 58.5 Å². The zero-order chi connectivity index (χ0) is 34.0. The summed E-state index contributed by atoms with van der Waals surface area (Å²) in [6.45, 7) is 7.42. The summed E-state index contributed by atoms with van der Waals surface area (Å²) < 4.78 is 0. The topological polar surface area (TPSA) is 88.9 Å². The summed E-state index contributed by atoms with van der Waals surface area (Å²) in [5.74, 6) is 1.16. The molecule has 3 rings (SSSR count). The molecule has 0 aromatic carbocycles. The molecule has 0 amide bonds. The van der Waals surface area contributed by atoms with E-state index >= 15 is 0 Å². The Morgan fingerprint density at radius 3 is 1.52 bits per heavy atom. The Labute approximate surface area is 313 Å². The number of carbonyl (C=O) groups is 1. The second-order valence-electron chi connectivity index (χ2n) is 12.8. The number of rotatable bonds is 25. The Kier molecular flexibility index (Phi) is 26.7. The molecule has 1 N–H and O–H groups in total. The summed E-state index contributed by atoms with van der Waals surface area (Å²) in [5, 5.41) is 26.0. The Morgan fingerprint density at radius 2 is 1.08 bits per heavy atom. The number of thiophene rings is 2. The van der Waals surface area contributed by atoms with Gasteiger partial charge in [-0.05, 0) is 38.8 Å². The van der Waals surface area contributed by atoms with Gasteiger partial charge in [0.25, 0.3) is 0 Å². The number of nitrogens with zero attached hydrogens (tertiary/aromatic N) is 4. The van der Waals surface area contributed by atoms with Gasteiger partial charge in [0.2, 0.25) is 5.82 Å². The fraction of sp³-hybridized carbons (Fsp3) is 0.667. The van der Waals surface area contributed by atoms with Crippen molar-refractivity contribution in [2.24, 2.45) is 0 Å². The maximum atomic E-state index is 10.0. The van der Waals surface area contributed by atoms with E-state index in [4.69, 9.17) is 5.11 Å². The molecule has 6 nitrogen and oxygen atoms in total. The number of unbranched alkanes of at least 4 members (excludes halogenated alkanes) is 18. The fourth-order valence-corrected chi connectivity index (χ4v) is 7.38. The van der Waals surface area contributed by atoms with Gasteiger partial charge in [-0.2, -0.15) is 22.3 Å². The summed E-state index contributed by atoms with van der Waals surface area (Å²) in [6.07, 6.45) is 30.9. The number of hydrogen-bond donors (Lipinski definition) is 1. The van der Waals surface area contributed by atoms with Crippen molar-refractivity contribution in [2.75, 3.05) is 0 Å². The maximum Gasteiger partial charge on any atom is 0.211 e. The van der Waals surface area contributed by atoms with Crippen molar-refractivity contribution in [3.63, 3.8) is 0 Å². The van der Waals surface area contributed by atoms with Crippen molar-refractivity contribution in [3.05, 3.63) is 45.9 Å². The molecule has 48 heavy (non-hydrogen) atoms. The quantitative estimate of drug-likeness (QED) is 0.0395. The van der Waals surface area contributed by atoms with Gasteiger partial charge in [0.15, 0.2) is 5.78 Å².